The second-order valence-corrected chi connectivity index (χ2v) is 6.12. The first-order valence-corrected chi connectivity index (χ1v) is 8.80. The van der Waals surface area contributed by atoms with E-state index in [4.69, 9.17) is 9.47 Å². The van der Waals surface area contributed by atoms with Gasteiger partial charge >= 0.3 is 5.69 Å². The lowest BCUT2D eigenvalue weighted by atomic mass is 10.0. The van der Waals surface area contributed by atoms with Crippen molar-refractivity contribution in [2.75, 3.05) is 7.11 Å². The average molecular weight is 393 g/mol. The summed E-state index contributed by atoms with van der Waals surface area (Å²) in [7, 11) is 1.61. The van der Waals surface area contributed by atoms with Crippen LogP contribution in [0.2, 0.25) is 0 Å². The number of benzene rings is 3. The van der Waals surface area contributed by atoms with E-state index < -0.39 is 16.9 Å². The summed E-state index contributed by atoms with van der Waals surface area (Å²) in [4.78, 5) is 22.7. The van der Waals surface area contributed by atoms with Gasteiger partial charge in [0.05, 0.1) is 18.2 Å². The zero-order valence-electron chi connectivity index (χ0n) is 15.9. The van der Waals surface area contributed by atoms with Crippen molar-refractivity contribution in [2.24, 2.45) is 5.10 Å². The number of hydrazone groups is 1. The predicted molar refractivity (Wildman–Crippen MR) is 109 cm³/mol. The number of carbonyl (C=O) groups excluding carboxylic acids is 1. The molecule has 0 saturated heterocycles. The van der Waals surface area contributed by atoms with Gasteiger partial charge in [-0.3, -0.25) is 14.9 Å². The lowest BCUT2D eigenvalue weighted by Gasteiger charge is -2.13. The minimum absolute atomic E-state index is 0.0188. The van der Waals surface area contributed by atoms with E-state index in [-0.39, 0.29) is 11.4 Å². The molecule has 0 spiro atoms. The molecule has 0 aliphatic rings. The molecule has 0 bridgehead atoms. The average Bonchev–Trinajstić information content (AvgIpc) is 2.73. The van der Waals surface area contributed by atoms with Crippen LogP contribution in [0, 0.1) is 10.1 Å². The molecule has 0 aromatic heterocycles. The van der Waals surface area contributed by atoms with Crippen LogP contribution < -0.4 is 14.9 Å². The molecule has 0 heterocycles. The van der Waals surface area contributed by atoms with Gasteiger partial charge in [0.15, 0.2) is 11.9 Å². The van der Waals surface area contributed by atoms with Crippen LogP contribution in [0.5, 0.6) is 11.5 Å². The zero-order valence-corrected chi connectivity index (χ0v) is 15.9. The molecule has 3 rings (SSSR count). The Morgan fingerprint density at radius 1 is 1.07 bits per heavy atom. The van der Waals surface area contributed by atoms with Gasteiger partial charge in [0, 0.05) is 17.0 Å². The maximum atomic E-state index is 12.2. The number of ether oxygens (including phenoxy) is 2. The van der Waals surface area contributed by atoms with E-state index in [1.165, 1.54) is 31.3 Å². The minimum Gasteiger partial charge on any atom is -0.496 e. The molecule has 29 heavy (non-hydrogen) atoms. The summed E-state index contributed by atoms with van der Waals surface area (Å²) in [6.45, 7) is 1.49. The molecule has 3 aromatic rings. The third-order valence-electron chi connectivity index (χ3n) is 4.25. The van der Waals surface area contributed by atoms with Gasteiger partial charge in [-0.1, -0.05) is 36.4 Å². The molecular formula is C21H19N3O5. The van der Waals surface area contributed by atoms with Crippen LogP contribution in [0.15, 0.2) is 65.8 Å². The Labute approximate surface area is 166 Å². The highest BCUT2D eigenvalue weighted by molar-refractivity contribution is 6.02. The fourth-order valence-electron chi connectivity index (χ4n) is 2.79. The smallest absolute Gasteiger partial charge is 0.310 e. The highest BCUT2D eigenvalue weighted by atomic mass is 16.6. The highest BCUT2D eigenvalue weighted by Crippen LogP contribution is 2.28. The number of carbonyl (C=O) groups is 1. The normalized spacial score (nSPS) is 11.9. The van der Waals surface area contributed by atoms with Gasteiger partial charge < -0.3 is 9.47 Å². The van der Waals surface area contributed by atoms with Crippen molar-refractivity contribution in [1.82, 2.24) is 5.43 Å². The first kappa shape index (κ1) is 19.8. The van der Waals surface area contributed by atoms with Crippen LogP contribution in [0.3, 0.4) is 0 Å². The van der Waals surface area contributed by atoms with Crippen LogP contribution >= 0.6 is 0 Å². The molecule has 1 amide bonds. The number of nitro groups is 1. The molecular weight excluding hydrogens is 374 g/mol. The van der Waals surface area contributed by atoms with Gasteiger partial charge in [-0.05, 0) is 30.5 Å². The Morgan fingerprint density at radius 2 is 1.76 bits per heavy atom. The number of nitrogens with one attached hydrogen (secondary N) is 1. The van der Waals surface area contributed by atoms with Gasteiger partial charge in [-0.2, -0.15) is 5.10 Å². The number of amides is 1. The second kappa shape index (κ2) is 8.83. The van der Waals surface area contributed by atoms with E-state index in [1.807, 2.05) is 36.4 Å². The number of nitrogens with zero attached hydrogens (tertiary/aromatic N) is 2. The summed E-state index contributed by atoms with van der Waals surface area (Å²) in [5.74, 6) is 0.232. The molecule has 1 atom stereocenters. The van der Waals surface area contributed by atoms with E-state index >= 15 is 0 Å². The molecule has 3 aromatic carbocycles. The van der Waals surface area contributed by atoms with Crippen LogP contribution in [0.1, 0.15) is 12.5 Å². The van der Waals surface area contributed by atoms with Crippen LogP contribution in [0.4, 0.5) is 5.69 Å². The summed E-state index contributed by atoms with van der Waals surface area (Å²) < 4.78 is 10.8. The summed E-state index contributed by atoms with van der Waals surface area (Å²) >= 11 is 0. The van der Waals surface area contributed by atoms with E-state index in [0.29, 0.717) is 0 Å². The first-order valence-electron chi connectivity index (χ1n) is 8.80. The fraction of sp³-hybridized carbons (Fsp3) is 0.143. The Bertz CT molecular complexity index is 1080. The number of methoxy groups -OCH3 is 1. The van der Waals surface area contributed by atoms with Gasteiger partial charge in [0.25, 0.3) is 5.91 Å². The number of nitro benzene ring substituents is 1. The van der Waals surface area contributed by atoms with Crippen molar-refractivity contribution in [1.29, 1.82) is 0 Å². The minimum atomic E-state index is -0.971. The molecule has 0 radical (unpaired) electrons. The van der Waals surface area contributed by atoms with Crippen LogP contribution in [-0.2, 0) is 4.79 Å². The van der Waals surface area contributed by atoms with Gasteiger partial charge in [-0.25, -0.2) is 5.43 Å². The third-order valence-corrected chi connectivity index (χ3v) is 4.25. The van der Waals surface area contributed by atoms with Crippen molar-refractivity contribution < 1.29 is 19.2 Å². The fourth-order valence-corrected chi connectivity index (χ4v) is 2.79. The number of fused-ring (bicyclic) bond motifs is 1. The molecule has 0 fully saturated rings. The Morgan fingerprint density at radius 3 is 2.48 bits per heavy atom. The molecule has 8 heteroatoms. The third kappa shape index (κ3) is 4.49. The first-order chi connectivity index (χ1) is 14.0. The standard InChI is InChI=1S/C21H19N3O5/c1-14(29-20-10-6-5-9-18(20)24(26)27)21(25)23-22-13-15-11-12-19(28-2)17-8-4-3-7-16(15)17/h3-14H,1-2H3,(H,23,25)/b22-13-. The molecule has 8 nitrogen and oxygen atoms in total. The summed E-state index contributed by atoms with van der Waals surface area (Å²) in [6, 6.07) is 17.2. The molecule has 0 aliphatic heterocycles. The maximum Gasteiger partial charge on any atom is 0.310 e. The molecule has 0 saturated carbocycles. The molecule has 1 unspecified atom stereocenters. The van der Waals surface area contributed by atoms with Crippen molar-refractivity contribution in [2.45, 2.75) is 13.0 Å². The number of hydrogen-bond donors (Lipinski definition) is 1. The topological polar surface area (TPSA) is 103 Å². The predicted octanol–water partition coefficient (Wildman–Crippen LogP) is 3.67. The number of rotatable bonds is 7. The van der Waals surface area contributed by atoms with E-state index in [1.54, 1.807) is 13.2 Å². The summed E-state index contributed by atoms with van der Waals surface area (Å²) in [5.41, 5.74) is 2.99. The number of hydrogen-bond acceptors (Lipinski definition) is 6. The summed E-state index contributed by atoms with van der Waals surface area (Å²) in [5, 5.41) is 16.9. The van der Waals surface area contributed by atoms with E-state index in [2.05, 4.69) is 10.5 Å². The summed E-state index contributed by atoms with van der Waals surface area (Å²) in [6.07, 6.45) is 0.554. The maximum absolute atomic E-state index is 12.2. The monoisotopic (exact) mass is 393 g/mol. The van der Waals surface area contributed by atoms with Gasteiger partial charge in [0.2, 0.25) is 0 Å². The molecule has 148 valence electrons. The largest absolute Gasteiger partial charge is 0.496 e. The van der Waals surface area contributed by atoms with Crippen molar-refractivity contribution >= 4 is 28.6 Å². The second-order valence-electron chi connectivity index (χ2n) is 6.12. The van der Waals surface area contributed by atoms with Crippen LogP contribution in [-0.4, -0.2) is 30.3 Å². The van der Waals surface area contributed by atoms with Crippen molar-refractivity contribution in [3.05, 3.63) is 76.3 Å². The van der Waals surface area contributed by atoms with Crippen LogP contribution in [0.25, 0.3) is 10.8 Å². The van der Waals surface area contributed by atoms with Crippen molar-refractivity contribution in [3.8, 4) is 11.5 Å². The Hall–Kier alpha value is -3.94. The quantitative estimate of drug-likeness (QED) is 0.375. The lowest BCUT2D eigenvalue weighted by molar-refractivity contribution is -0.386. The Balaban J connectivity index is 1.70. The van der Waals surface area contributed by atoms with Gasteiger partial charge in [-0.15, -0.1) is 0 Å². The zero-order chi connectivity index (χ0) is 20.8. The van der Waals surface area contributed by atoms with Gasteiger partial charge in [0.1, 0.15) is 5.75 Å². The lowest BCUT2D eigenvalue weighted by Crippen LogP contribution is -2.33. The Kier molecular flexibility index (Phi) is 6.03. The van der Waals surface area contributed by atoms with E-state index in [0.717, 1.165) is 22.1 Å². The molecule has 0 aliphatic carbocycles. The van der Waals surface area contributed by atoms with E-state index in [9.17, 15) is 14.9 Å². The molecule has 1 N–H and O–H groups in total. The SMILES string of the molecule is COc1ccc(/C=N\NC(=O)C(C)Oc2ccccc2[N+](=O)[O-])c2ccccc12. The highest BCUT2D eigenvalue weighted by Gasteiger charge is 2.20. The number of para-hydroxylation sites is 2. The van der Waals surface area contributed by atoms with Crippen molar-refractivity contribution in [3.63, 3.8) is 0 Å².